The summed E-state index contributed by atoms with van der Waals surface area (Å²) in [6, 6.07) is 0. The molecule has 0 fully saturated rings. The third-order valence-electron chi connectivity index (χ3n) is 1.96. The number of aromatic nitrogens is 1. The molecule has 1 amide bonds. The topological polar surface area (TPSA) is 81.2 Å². The van der Waals surface area contributed by atoms with E-state index >= 15 is 0 Å². The SMILES string of the molecule is Cc1cnc(CNC(=O)CCCCN)o1. The molecule has 1 aromatic heterocycles. The maximum atomic E-state index is 11.3. The minimum atomic E-state index is 0.0132. The molecule has 0 atom stereocenters. The van der Waals surface area contributed by atoms with Crippen LogP contribution in [0, 0.1) is 6.92 Å². The van der Waals surface area contributed by atoms with Crippen LogP contribution in [-0.2, 0) is 11.3 Å². The second-order valence-corrected chi connectivity index (χ2v) is 3.39. The predicted octanol–water partition coefficient (Wildman–Crippen LogP) is 0.728. The molecule has 0 aliphatic rings. The Labute approximate surface area is 89.1 Å². The zero-order chi connectivity index (χ0) is 11.1. The summed E-state index contributed by atoms with van der Waals surface area (Å²) in [6.45, 7) is 2.81. The van der Waals surface area contributed by atoms with Crippen LogP contribution in [0.25, 0.3) is 0 Å². The van der Waals surface area contributed by atoms with Crippen molar-refractivity contribution in [3.8, 4) is 0 Å². The third kappa shape index (κ3) is 4.60. The van der Waals surface area contributed by atoms with E-state index in [2.05, 4.69) is 10.3 Å². The van der Waals surface area contributed by atoms with Crippen molar-refractivity contribution in [3.05, 3.63) is 17.8 Å². The number of hydrogen-bond donors (Lipinski definition) is 2. The van der Waals surface area contributed by atoms with Gasteiger partial charge in [0.25, 0.3) is 0 Å². The second-order valence-electron chi connectivity index (χ2n) is 3.39. The largest absolute Gasteiger partial charge is 0.444 e. The summed E-state index contributed by atoms with van der Waals surface area (Å²) in [5, 5.41) is 2.74. The first-order valence-corrected chi connectivity index (χ1v) is 5.10. The van der Waals surface area contributed by atoms with Crippen molar-refractivity contribution in [2.24, 2.45) is 5.73 Å². The average Bonchev–Trinajstić information content (AvgIpc) is 2.62. The van der Waals surface area contributed by atoms with Crippen molar-refractivity contribution in [1.82, 2.24) is 10.3 Å². The van der Waals surface area contributed by atoms with Crippen molar-refractivity contribution in [1.29, 1.82) is 0 Å². The van der Waals surface area contributed by atoms with Gasteiger partial charge in [-0.15, -0.1) is 0 Å². The fraction of sp³-hybridized carbons (Fsp3) is 0.600. The molecule has 0 aliphatic carbocycles. The summed E-state index contributed by atoms with van der Waals surface area (Å²) in [7, 11) is 0. The first kappa shape index (κ1) is 11.7. The van der Waals surface area contributed by atoms with Gasteiger partial charge < -0.3 is 15.5 Å². The molecular formula is C10H17N3O2. The number of nitrogens with one attached hydrogen (secondary N) is 1. The molecule has 0 spiro atoms. The Hall–Kier alpha value is -1.36. The molecule has 15 heavy (non-hydrogen) atoms. The normalized spacial score (nSPS) is 10.3. The van der Waals surface area contributed by atoms with Gasteiger partial charge in [-0.2, -0.15) is 0 Å². The van der Waals surface area contributed by atoms with Crippen molar-refractivity contribution in [2.75, 3.05) is 6.54 Å². The van der Waals surface area contributed by atoms with Crippen molar-refractivity contribution in [3.63, 3.8) is 0 Å². The molecule has 1 heterocycles. The third-order valence-corrected chi connectivity index (χ3v) is 1.96. The number of oxazole rings is 1. The zero-order valence-corrected chi connectivity index (χ0v) is 8.95. The van der Waals surface area contributed by atoms with Gasteiger partial charge in [-0.3, -0.25) is 4.79 Å². The van der Waals surface area contributed by atoms with Gasteiger partial charge in [-0.05, 0) is 26.3 Å². The summed E-state index contributed by atoms with van der Waals surface area (Å²) in [5.41, 5.74) is 5.33. The Balaban J connectivity index is 2.16. The van der Waals surface area contributed by atoms with Crippen molar-refractivity contribution >= 4 is 5.91 Å². The summed E-state index contributed by atoms with van der Waals surface area (Å²) in [5.74, 6) is 1.31. The lowest BCUT2D eigenvalue weighted by atomic mass is 10.2. The highest BCUT2D eigenvalue weighted by Crippen LogP contribution is 2.01. The molecule has 1 aromatic rings. The fourth-order valence-electron chi connectivity index (χ4n) is 1.18. The Morgan fingerprint density at radius 3 is 3.00 bits per heavy atom. The number of nitrogens with zero attached hydrogens (tertiary/aromatic N) is 1. The van der Waals surface area contributed by atoms with Crippen LogP contribution in [0.3, 0.4) is 0 Å². The molecule has 0 unspecified atom stereocenters. The Morgan fingerprint density at radius 2 is 2.40 bits per heavy atom. The molecule has 5 heteroatoms. The maximum Gasteiger partial charge on any atom is 0.220 e. The number of nitrogens with two attached hydrogens (primary N) is 1. The van der Waals surface area contributed by atoms with Gasteiger partial charge in [0.15, 0.2) is 0 Å². The number of carbonyl (C=O) groups is 1. The standard InChI is InChI=1S/C10H17N3O2/c1-8-6-13-10(15-8)7-12-9(14)4-2-3-5-11/h6H,2-5,7,11H2,1H3,(H,12,14). The van der Waals surface area contributed by atoms with Gasteiger partial charge in [-0.25, -0.2) is 4.98 Å². The zero-order valence-electron chi connectivity index (χ0n) is 8.95. The van der Waals surface area contributed by atoms with E-state index in [9.17, 15) is 4.79 Å². The van der Waals surface area contributed by atoms with Crippen molar-refractivity contribution < 1.29 is 9.21 Å². The first-order valence-electron chi connectivity index (χ1n) is 5.10. The van der Waals surface area contributed by atoms with Crippen LogP contribution in [-0.4, -0.2) is 17.4 Å². The van der Waals surface area contributed by atoms with Gasteiger partial charge in [0.1, 0.15) is 5.76 Å². The minimum absolute atomic E-state index is 0.0132. The lowest BCUT2D eigenvalue weighted by molar-refractivity contribution is -0.121. The highest BCUT2D eigenvalue weighted by Gasteiger charge is 2.03. The quantitative estimate of drug-likeness (QED) is 0.680. The smallest absolute Gasteiger partial charge is 0.220 e. The van der Waals surface area contributed by atoms with Crippen LogP contribution >= 0.6 is 0 Å². The van der Waals surface area contributed by atoms with Crippen molar-refractivity contribution in [2.45, 2.75) is 32.7 Å². The van der Waals surface area contributed by atoms with E-state index in [1.165, 1.54) is 0 Å². The summed E-state index contributed by atoms with van der Waals surface area (Å²) in [4.78, 5) is 15.3. The van der Waals surface area contributed by atoms with Crippen LogP contribution in [0.4, 0.5) is 0 Å². The number of hydrogen-bond acceptors (Lipinski definition) is 4. The molecule has 0 radical (unpaired) electrons. The van der Waals surface area contributed by atoms with Gasteiger partial charge in [-0.1, -0.05) is 0 Å². The monoisotopic (exact) mass is 211 g/mol. The molecule has 1 rings (SSSR count). The van der Waals surface area contributed by atoms with E-state index in [1.54, 1.807) is 6.20 Å². The average molecular weight is 211 g/mol. The Bertz CT molecular complexity index is 309. The van der Waals surface area contributed by atoms with Crippen LogP contribution in [0.2, 0.25) is 0 Å². The fourth-order valence-corrected chi connectivity index (χ4v) is 1.18. The van der Waals surface area contributed by atoms with E-state index in [0.29, 0.717) is 25.4 Å². The molecule has 0 aliphatic heterocycles. The first-order chi connectivity index (χ1) is 7.22. The van der Waals surface area contributed by atoms with Gasteiger partial charge in [0, 0.05) is 6.42 Å². The van der Waals surface area contributed by atoms with E-state index in [1.807, 2.05) is 6.92 Å². The predicted molar refractivity (Wildman–Crippen MR) is 56.0 cm³/mol. The Kier molecular flexibility index (Phi) is 4.83. The van der Waals surface area contributed by atoms with E-state index in [0.717, 1.165) is 18.6 Å². The van der Waals surface area contributed by atoms with Gasteiger partial charge >= 0.3 is 0 Å². The number of carbonyl (C=O) groups excluding carboxylic acids is 1. The molecule has 0 aromatic carbocycles. The minimum Gasteiger partial charge on any atom is -0.444 e. The van der Waals surface area contributed by atoms with Gasteiger partial charge in [0.05, 0.1) is 12.7 Å². The van der Waals surface area contributed by atoms with Crippen LogP contribution in [0.1, 0.15) is 30.9 Å². The number of unbranched alkanes of at least 4 members (excludes halogenated alkanes) is 1. The summed E-state index contributed by atoms with van der Waals surface area (Å²) >= 11 is 0. The Morgan fingerprint density at radius 1 is 1.60 bits per heavy atom. The number of rotatable bonds is 6. The van der Waals surface area contributed by atoms with E-state index < -0.39 is 0 Å². The summed E-state index contributed by atoms with van der Waals surface area (Å²) in [6.07, 6.45) is 3.85. The van der Waals surface area contributed by atoms with Crippen LogP contribution in [0.5, 0.6) is 0 Å². The maximum absolute atomic E-state index is 11.3. The highest BCUT2D eigenvalue weighted by atomic mass is 16.4. The molecule has 84 valence electrons. The van der Waals surface area contributed by atoms with Crippen LogP contribution in [0.15, 0.2) is 10.6 Å². The van der Waals surface area contributed by atoms with Gasteiger partial charge in [0.2, 0.25) is 11.8 Å². The number of amides is 1. The summed E-state index contributed by atoms with van der Waals surface area (Å²) < 4.78 is 5.21. The molecule has 0 saturated heterocycles. The number of aryl methyl sites for hydroxylation is 1. The van der Waals surface area contributed by atoms with E-state index in [4.69, 9.17) is 10.2 Å². The lowest BCUT2D eigenvalue weighted by Gasteiger charge is -2.01. The molecule has 3 N–H and O–H groups in total. The van der Waals surface area contributed by atoms with Crippen LogP contribution < -0.4 is 11.1 Å². The molecule has 0 saturated carbocycles. The highest BCUT2D eigenvalue weighted by molar-refractivity contribution is 5.75. The molecule has 0 bridgehead atoms. The lowest BCUT2D eigenvalue weighted by Crippen LogP contribution is -2.22. The van der Waals surface area contributed by atoms with E-state index in [-0.39, 0.29) is 5.91 Å². The molecular weight excluding hydrogens is 194 g/mol. The second kappa shape index (κ2) is 6.19. The molecule has 5 nitrogen and oxygen atoms in total.